The van der Waals surface area contributed by atoms with Crippen LogP contribution in [0.3, 0.4) is 0 Å². The van der Waals surface area contributed by atoms with E-state index in [9.17, 15) is 9.59 Å². The number of carbonyl (C=O) groups excluding carboxylic acids is 2. The first-order valence-electron chi connectivity index (χ1n) is 7.07. The SMILES string of the molecule is O=C(NCCCO)C(=O)Nc1ccccc1-c1ccccc1. The number of carbonyl (C=O) groups is 2. The highest BCUT2D eigenvalue weighted by molar-refractivity contribution is 6.39. The van der Waals surface area contributed by atoms with E-state index in [-0.39, 0.29) is 13.2 Å². The molecule has 0 aliphatic rings. The van der Waals surface area contributed by atoms with Crippen LogP contribution in [-0.4, -0.2) is 30.1 Å². The maximum atomic E-state index is 11.9. The number of nitrogens with one attached hydrogen (secondary N) is 2. The quantitative estimate of drug-likeness (QED) is 0.581. The van der Waals surface area contributed by atoms with Gasteiger partial charge in [0, 0.05) is 24.4 Å². The van der Waals surface area contributed by atoms with Crippen LogP contribution in [0.2, 0.25) is 0 Å². The van der Waals surface area contributed by atoms with Gasteiger partial charge < -0.3 is 15.7 Å². The number of aliphatic hydroxyl groups is 1. The molecule has 0 aliphatic carbocycles. The van der Waals surface area contributed by atoms with Gasteiger partial charge in [-0.2, -0.15) is 0 Å². The first-order chi connectivity index (χ1) is 10.7. The van der Waals surface area contributed by atoms with E-state index >= 15 is 0 Å². The summed E-state index contributed by atoms with van der Waals surface area (Å²) >= 11 is 0. The molecule has 2 aromatic rings. The average Bonchev–Trinajstić information content (AvgIpc) is 2.56. The summed E-state index contributed by atoms with van der Waals surface area (Å²) in [4.78, 5) is 23.6. The number of para-hydroxylation sites is 1. The average molecular weight is 298 g/mol. The second-order valence-corrected chi connectivity index (χ2v) is 4.70. The summed E-state index contributed by atoms with van der Waals surface area (Å²) in [6, 6.07) is 16.9. The summed E-state index contributed by atoms with van der Waals surface area (Å²) in [5.41, 5.74) is 2.38. The van der Waals surface area contributed by atoms with E-state index in [1.165, 1.54) is 0 Å². The van der Waals surface area contributed by atoms with Crippen LogP contribution < -0.4 is 10.6 Å². The molecule has 0 unspecified atom stereocenters. The minimum Gasteiger partial charge on any atom is -0.396 e. The predicted molar refractivity (Wildman–Crippen MR) is 85.2 cm³/mol. The minimum atomic E-state index is -0.721. The summed E-state index contributed by atoms with van der Waals surface area (Å²) in [5, 5.41) is 13.7. The summed E-state index contributed by atoms with van der Waals surface area (Å²) in [7, 11) is 0. The molecule has 0 aliphatic heterocycles. The Morgan fingerprint density at radius 3 is 2.32 bits per heavy atom. The molecule has 0 aromatic heterocycles. The van der Waals surface area contributed by atoms with Gasteiger partial charge in [-0.3, -0.25) is 9.59 Å². The molecule has 5 heteroatoms. The molecule has 2 rings (SSSR count). The Labute approximate surface area is 129 Å². The number of benzene rings is 2. The Morgan fingerprint density at radius 2 is 1.59 bits per heavy atom. The fraction of sp³-hybridized carbons (Fsp3) is 0.176. The fourth-order valence-electron chi connectivity index (χ4n) is 2.00. The summed E-state index contributed by atoms with van der Waals surface area (Å²) in [6.45, 7) is 0.238. The number of amides is 2. The highest BCUT2D eigenvalue weighted by atomic mass is 16.3. The molecule has 114 valence electrons. The Balaban J connectivity index is 2.10. The molecule has 0 fully saturated rings. The van der Waals surface area contributed by atoms with Gasteiger partial charge in [-0.05, 0) is 18.1 Å². The molecule has 0 heterocycles. The molecule has 0 saturated carbocycles. The smallest absolute Gasteiger partial charge is 0.313 e. The van der Waals surface area contributed by atoms with E-state index in [1.54, 1.807) is 12.1 Å². The van der Waals surface area contributed by atoms with Gasteiger partial charge in [0.15, 0.2) is 0 Å². The fourth-order valence-corrected chi connectivity index (χ4v) is 2.00. The van der Waals surface area contributed by atoms with Crippen LogP contribution in [-0.2, 0) is 9.59 Å². The Hall–Kier alpha value is -2.66. The van der Waals surface area contributed by atoms with E-state index in [0.717, 1.165) is 11.1 Å². The van der Waals surface area contributed by atoms with Crippen LogP contribution >= 0.6 is 0 Å². The largest absolute Gasteiger partial charge is 0.396 e. The van der Waals surface area contributed by atoms with Gasteiger partial charge in [0.05, 0.1) is 0 Å². The third-order valence-electron chi connectivity index (χ3n) is 3.09. The van der Waals surface area contributed by atoms with Gasteiger partial charge in [0.25, 0.3) is 0 Å². The number of hydrogen-bond donors (Lipinski definition) is 3. The second-order valence-electron chi connectivity index (χ2n) is 4.70. The van der Waals surface area contributed by atoms with Crippen molar-refractivity contribution in [1.29, 1.82) is 0 Å². The maximum Gasteiger partial charge on any atom is 0.313 e. The molecular formula is C17H18N2O3. The molecule has 3 N–H and O–H groups in total. The number of anilines is 1. The van der Waals surface area contributed by atoms with E-state index in [4.69, 9.17) is 5.11 Å². The molecule has 0 atom stereocenters. The van der Waals surface area contributed by atoms with Crippen molar-refractivity contribution >= 4 is 17.5 Å². The van der Waals surface area contributed by atoms with E-state index in [2.05, 4.69) is 10.6 Å². The summed E-state index contributed by atoms with van der Waals surface area (Å²) in [5.74, 6) is -1.43. The van der Waals surface area contributed by atoms with Crippen molar-refractivity contribution in [2.75, 3.05) is 18.5 Å². The number of aliphatic hydroxyl groups excluding tert-OH is 1. The zero-order valence-corrected chi connectivity index (χ0v) is 12.1. The first kappa shape index (κ1) is 15.7. The molecule has 2 amide bonds. The zero-order valence-electron chi connectivity index (χ0n) is 12.1. The summed E-state index contributed by atoms with van der Waals surface area (Å²) < 4.78 is 0. The van der Waals surface area contributed by atoms with Crippen LogP contribution in [0.4, 0.5) is 5.69 Å². The minimum absolute atomic E-state index is 0.0290. The van der Waals surface area contributed by atoms with Gasteiger partial charge in [-0.15, -0.1) is 0 Å². The maximum absolute atomic E-state index is 11.9. The third-order valence-corrected chi connectivity index (χ3v) is 3.09. The lowest BCUT2D eigenvalue weighted by Crippen LogP contribution is -2.36. The van der Waals surface area contributed by atoms with Gasteiger partial charge >= 0.3 is 11.8 Å². The van der Waals surface area contributed by atoms with Crippen molar-refractivity contribution < 1.29 is 14.7 Å². The van der Waals surface area contributed by atoms with Crippen molar-refractivity contribution in [3.63, 3.8) is 0 Å². The highest BCUT2D eigenvalue weighted by Crippen LogP contribution is 2.27. The van der Waals surface area contributed by atoms with Crippen LogP contribution in [0.5, 0.6) is 0 Å². The summed E-state index contributed by atoms with van der Waals surface area (Å²) in [6.07, 6.45) is 0.416. The Kier molecular flexibility index (Phi) is 5.68. The van der Waals surface area contributed by atoms with Gasteiger partial charge in [0.1, 0.15) is 0 Å². The molecular weight excluding hydrogens is 280 g/mol. The van der Waals surface area contributed by atoms with E-state index in [0.29, 0.717) is 12.1 Å². The van der Waals surface area contributed by atoms with Crippen molar-refractivity contribution in [1.82, 2.24) is 5.32 Å². The van der Waals surface area contributed by atoms with Crippen molar-refractivity contribution in [2.24, 2.45) is 0 Å². The monoisotopic (exact) mass is 298 g/mol. The van der Waals surface area contributed by atoms with Crippen LogP contribution in [0.15, 0.2) is 54.6 Å². The topological polar surface area (TPSA) is 78.4 Å². The van der Waals surface area contributed by atoms with Crippen LogP contribution in [0.1, 0.15) is 6.42 Å². The highest BCUT2D eigenvalue weighted by Gasteiger charge is 2.15. The molecule has 0 spiro atoms. The molecule has 5 nitrogen and oxygen atoms in total. The first-order valence-corrected chi connectivity index (χ1v) is 7.07. The Bertz CT molecular complexity index is 641. The van der Waals surface area contributed by atoms with Crippen LogP contribution in [0.25, 0.3) is 11.1 Å². The van der Waals surface area contributed by atoms with E-state index < -0.39 is 11.8 Å². The van der Waals surface area contributed by atoms with Gasteiger partial charge in [-0.25, -0.2) is 0 Å². The number of rotatable bonds is 5. The van der Waals surface area contributed by atoms with Crippen molar-refractivity contribution in [3.8, 4) is 11.1 Å². The zero-order chi connectivity index (χ0) is 15.8. The van der Waals surface area contributed by atoms with Crippen LogP contribution in [0, 0.1) is 0 Å². The van der Waals surface area contributed by atoms with Gasteiger partial charge in [-0.1, -0.05) is 48.5 Å². The van der Waals surface area contributed by atoms with Crippen molar-refractivity contribution in [3.05, 3.63) is 54.6 Å². The predicted octanol–water partition coefficient (Wildman–Crippen LogP) is 1.79. The standard InChI is InChI=1S/C17H18N2O3/c20-12-6-11-18-16(21)17(22)19-15-10-5-4-9-14(15)13-7-2-1-3-8-13/h1-5,7-10,20H,6,11-12H2,(H,18,21)(H,19,22). The lowest BCUT2D eigenvalue weighted by atomic mass is 10.0. The molecule has 0 saturated heterocycles. The van der Waals surface area contributed by atoms with E-state index in [1.807, 2.05) is 42.5 Å². The lowest BCUT2D eigenvalue weighted by Gasteiger charge is -2.11. The van der Waals surface area contributed by atoms with Gasteiger partial charge in [0.2, 0.25) is 0 Å². The second kappa shape index (κ2) is 7.95. The molecule has 0 radical (unpaired) electrons. The molecule has 22 heavy (non-hydrogen) atoms. The molecule has 0 bridgehead atoms. The third kappa shape index (κ3) is 4.17. The number of hydrogen-bond acceptors (Lipinski definition) is 3. The molecule has 2 aromatic carbocycles. The normalized spacial score (nSPS) is 10.0. The van der Waals surface area contributed by atoms with Crippen molar-refractivity contribution in [2.45, 2.75) is 6.42 Å². The lowest BCUT2D eigenvalue weighted by molar-refractivity contribution is -0.136. The Morgan fingerprint density at radius 1 is 0.909 bits per heavy atom.